The van der Waals surface area contributed by atoms with Crippen molar-refractivity contribution in [2.45, 2.75) is 82.3 Å². The molecule has 4 atom stereocenters. The second-order valence-corrected chi connectivity index (χ2v) is 12.6. The lowest BCUT2D eigenvalue weighted by Gasteiger charge is -2.50. The Morgan fingerprint density at radius 1 is 1.11 bits per heavy atom. The molecule has 44 heavy (non-hydrogen) atoms. The standard InChI is InChI=1S/C31H38F3N3O7/c1-4-37(16-8-6-5-7-9-16)13-15-12-19(38)21-17(23(15)31(32,33)34)10-14-11-18-24(36(2)3)26(40)22(29(35)43)28(42)30(18,44)27(41)20(14)25(21)39/h12,14,16,18,24,38,40-41,44H,4-11,13H2,1-3H3,(H2,35,43)/t14-,18-,24-,30-/m0/s1. The monoisotopic (exact) mass is 621 g/mol. The van der Waals surface area contributed by atoms with Crippen molar-refractivity contribution < 1.29 is 48.0 Å². The summed E-state index contributed by atoms with van der Waals surface area (Å²) in [4.78, 5) is 42.7. The van der Waals surface area contributed by atoms with Gasteiger partial charge in [0.25, 0.3) is 5.91 Å². The molecular formula is C31H38F3N3O7. The summed E-state index contributed by atoms with van der Waals surface area (Å²) in [6.07, 6.45) is -0.869. The second-order valence-electron chi connectivity index (χ2n) is 12.6. The van der Waals surface area contributed by atoms with Crippen LogP contribution in [0.4, 0.5) is 13.2 Å². The molecule has 0 bridgehead atoms. The van der Waals surface area contributed by atoms with Crippen molar-refractivity contribution in [3.8, 4) is 5.75 Å². The van der Waals surface area contributed by atoms with Crippen LogP contribution in [0.2, 0.25) is 0 Å². The van der Waals surface area contributed by atoms with Crippen LogP contribution in [0.25, 0.3) is 0 Å². The molecule has 13 heteroatoms. The molecule has 4 aliphatic carbocycles. The van der Waals surface area contributed by atoms with E-state index in [9.17, 15) is 48.0 Å². The molecule has 1 aromatic rings. The predicted molar refractivity (Wildman–Crippen MR) is 152 cm³/mol. The lowest BCUT2D eigenvalue weighted by Crippen LogP contribution is -2.63. The van der Waals surface area contributed by atoms with E-state index in [2.05, 4.69) is 0 Å². The van der Waals surface area contributed by atoms with E-state index in [0.717, 1.165) is 38.2 Å². The molecule has 240 valence electrons. The maximum Gasteiger partial charge on any atom is 0.417 e. The number of nitrogens with two attached hydrogens (primary N) is 1. The number of phenolic OH excluding ortho intramolecular Hbond substituents is 1. The Morgan fingerprint density at radius 3 is 2.30 bits per heavy atom. The van der Waals surface area contributed by atoms with Crippen LogP contribution in [0.15, 0.2) is 28.7 Å². The van der Waals surface area contributed by atoms with Gasteiger partial charge in [0.15, 0.2) is 11.4 Å². The van der Waals surface area contributed by atoms with Crippen LogP contribution < -0.4 is 5.73 Å². The first-order chi connectivity index (χ1) is 20.5. The van der Waals surface area contributed by atoms with Gasteiger partial charge in [0, 0.05) is 24.1 Å². The van der Waals surface area contributed by atoms with Crippen molar-refractivity contribution in [3.63, 3.8) is 0 Å². The number of likely N-dealkylation sites (N-methyl/N-ethyl adjacent to an activating group) is 1. The summed E-state index contributed by atoms with van der Waals surface area (Å²) in [7, 11) is 2.95. The highest BCUT2D eigenvalue weighted by Crippen LogP contribution is 2.54. The van der Waals surface area contributed by atoms with Crippen molar-refractivity contribution in [2.24, 2.45) is 17.6 Å². The number of nitrogens with zero attached hydrogens (tertiary/aromatic N) is 2. The molecule has 1 fully saturated rings. The Morgan fingerprint density at radius 2 is 1.75 bits per heavy atom. The van der Waals surface area contributed by atoms with Gasteiger partial charge in [-0.1, -0.05) is 26.2 Å². The van der Waals surface area contributed by atoms with Crippen LogP contribution in [0, 0.1) is 11.8 Å². The maximum absolute atomic E-state index is 14.9. The number of aliphatic hydroxyl groups is 3. The largest absolute Gasteiger partial charge is 0.510 e. The quantitative estimate of drug-likeness (QED) is 0.300. The van der Waals surface area contributed by atoms with Gasteiger partial charge in [-0.3, -0.25) is 24.2 Å². The van der Waals surface area contributed by atoms with Crippen LogP contribution in [0.5, 0.6) is 5.75 Å². The second kappa shape index (κ2) is 11.2. The van der Waals surface area contributed by atoms with Crippen LogP contribution >= 0.6 is 0 Å². The number of benzene rings is 1. The van der Waals surface area contributed by atoms with E-state index < -0.39 is 98.7 Å². The first kappa shape index (κ1) is 32.0. The number of alkyl halides is 3. The van der Waals surface area contributed by atoms with E-state index in [1.165, 1.54) is 19.0 Å². The lowest BCUT2D eigenvalue weighted by molar-refractivity contribution is -0.148. The number of carbonyl (C=O) groups is 3. The van der Waals surface area contributed by atoms with E-state index >= 15 is 0 Å². The molecule has 0 heterocycles. The fraction of sp³-hybridized carbons (Fsp3) is 0.581. The van der Waals surface area contributed by atoms with E-state index in [0.29, 0.717) is 6.54 Å². The molecule has 5 rings (SSSR count). The maximum atomic E-state index is 14.9. The Balaban J connectivity index is 1.67. The summed E-state index contributed by atoms with van der Waals surface area (Å²) < 4.78 is 44.6. The predicted octanol–water partition coefficient (Wildman–Crippen LogP) is 3.29. The zero-order valence-electron chi connectivity index (χ0n) is 24.9. The molecule has 1 aromatic carbocycles. The van der Waals surface area contributed by atoms with Crippen molar-refractivity contribution in [1.29, 1.82) is 0 Å². The number of rotatable bonds is 6. The van der Waals surface area contributed by atoms with Gasteiger partial charge in [-0.25, -0.2) is 0 Å². The van der Waals surface area contributed by atoms with E-state index in [4.69, 9.17) is 5.73 Å². The van der Waals surface area contributed by atoms with Gasteiger partial charge in [0.1, 0.15) is 22.8 Å². The number of ketones is 2. The number of halogens is 3. The average Bonchev–Trinajstić information content (AvgIpc) is 2.92. The van der Waals surface area contributed by atoms with E-state index in [-0.39, 0.29) is 24.6 Å². The number of aromatic hydroxyl groups is 1. The van der Waals surface area contributed by atoms with Crippen LogP contribution in [0.1, 0.15) is 72.5 Å². The van der Waals surface area contributed by atoms with E-state index in [1.807, 2.05) is 11.8 Å². The molecule has 10 nitrogen and oxygen atoms in total. The van der Waals surface area contributed by atoms with Crippen LogP contribution in [-0.2, 0) is 28.7 Å². The minimum absolute atomic E-state index is 0.0855. The highest BCUT2D eigenvalue weighted by atomic mass is 19.4. The topological polar surface area (TPSA) is 165 Å². The molecule has 4 aliphatic rings. The fourth-order valence-corrected chi connectivity index (χ4v) is 8.03. The fourth-order valence-electron chi connectivity index (χ4n) is 8.03. The van der Waals surface area contributed by atoms with Gasteiger partial charge in [-0.15, -0.1) is 0 Å². The Hall–Kier alpha value is -3.42. The Labute approximate surface area is 252 Å². The Bertz CT molecular complexity index is 1480. The van der Waals surface area contributed by atoms with Crippen molar-refractivity contribution in [3.05, 3.63) is 51.0 Å². The van der Waals surface area contributed by atoms with Crippen molar-refractivity contribution >= 4 is 17.5 Å². The summed E-state index contributed by atoms with van der Waals surface area (Å²) in [6.45, 7) is 2.28. The number of carbonyl (C=O) groups excluding carboxylic acids is 3. The third kappa shape index (κ3) is 4.80. The van der Waals surface area contributed by atoms with Crippen molar-refractivity contribution in [2.75, 3.05) is 20.6 Å². The SMILES string of the molecule is CCN(Cc1cc(O)c2c(c1C(F)(F)F)C[C@H]1C[C@H]3[C@H](N(C)C)C(O)=C(C(N)=O)C(=O)[C@@]3(O)C(O)=C1C2=O)C1CCCCC1. The van der Waals surface area contributed by atoms with Gasteiger partial charge in [0.2, 0.25) is 5.78 Å². The molecule has 6 N–H and O–H groups in total. The average molecular weight is 622 g/mol. The van der Waals surface area contributed by atoms with Gasteiger partial charge in [0.05, 0.1) is 17.2 Å². The lowest BCUT2D eigenvalue weighted by atomic mass is 9.58. The third-order valence-electron chi connectivity index (χ3n) is 9.96. The first-order valence-corrected chi connectivity index (χ1v) is 14.9. The Kier molecular flexibility index (Phi) is 8.13. The number of hydrogen-bond donors (Lipinski definition) is 5. The molecule has 0 aromatic heterocycles. The molecule has 0 aliphatic heterocycles. The number of allylic oxidation sites excluding steroid dienone is 1. The number of primary amides is 1. The van der Waals surface area contributed by atoms with Crippen LogP contribution in [0.3, 0.4) is 0 Å². The summed E-state index contributed by atoms with van der Waals surface area (Å²) in [5.74, 6) is -8.92. The van der Waals surface area contributed by atoms with Gasteiger partial charge < -0.3 is 26.2 Å². The minimum Gasteiger partial charge on any atom is -0.510 e. The normalized spacial score (nSPS) is 28.0. The molecule has 0 spiro atoms. The number of fused-ring (bicyclic) bond motifs is 3. The van der Waals surface area contributed by atoms with Gasteiger partial charge >= 0.3 is 6.18 Å². The number of amides is 1. The van der Waals surface area contributed by atoms with Gasteiger partial charge in [-0.05, 0) is 69.4 Å². The molecular weight excluding hydrogens is 583 g/mol. The minimum atomic E-state index is -4.89. The number of phenols is 1. The van der Waals surface area contributed by atoms with Crippen LogP contribution in [-0.4, -0.2) is 86.0 Å². The molecule has 0 unspecified atom stereocenters. The zero-order valence-corrected chi connectivity index (χ0v) is 24.9. The number of aliphatic hydroxyl groups excluding tert-OH is 2. The summed E-state index contributed by atoms with van der Waals surface area (Å²) in [6, 6.07) is -0.200. The number of hydrogen-bond acceptors (Lipinski definition) is 9. The highest BCUT2D eigenvalue weighted by molar-refractivity contribution is 6.24. The highest BCUT2D eigenvalue weighted by Gasteiger charge is 2.63. The summed E-state index contributed by atoms with van der Waals surface area (Å²) in [5, 5.41) is 45.0. The zero-order chi connectivity index (χ0) is 32.5. The third-order valence-corrected chi connectivity index (χ3v) is 9.96. The number of Topliss-reactive ketones (excluding diaryl/α,β-unsaturated/α-hetero) is 2. The smallest absolute Gasteiger partial charge is 0.417 e. The molecule has 0 saturated heterocycles. The van der Waals surface area contributed by atoms with Crippen molar-refractivity contribution in [1.82, 2.24) is 9.80 Å². The molecule has 1 saturated carbocycles. The molecule has 0 radical (unpaired) electrons. The van der Waals surface area contributed by atoms with Gasteiger partial charge in [-0.2, -0.15) is 13.2 Å². The molecule has 1 amide bonds. The first-order valence-electron chi connectivity index (χ1n) is 14.9. The summed E-state index contributed by atoms with van der Waals surface area (Å²) >= 11 is 0. The van der Waals surface area contributed by atoms with E-state index in [1.54, 1.807) is 0 Å². The summed E-state index contributed by atoms with van der Waals surface area (Å²) in [5.41, 5.74) is -1.24.